The second-order valence-electron chi connectivity index (χ2n) is 12.7. The second kappa shape index (κ2) is 12.7. The third-order valence-electron chi connectivity index (χ3n) is 8.85. The monoisotopic (exact) mass is 556 g/mol. The largest absolute Gasteiger partial charge is 0.465 e. The molecule has 0 heterocycles. The number of hydrogen-bond donors (Lipinski definition) is 0. The van der Waals surface area contributed by atoms with Crippen molar-refractivity contribution >= 4 is 30.8 Å². The summed E-state index contributed by atoms with van der Waals surface area (Å²) in [5, 5.41) is 2.60. The van der Waals surface area contributed by atoms with Crippen molar-refractivity contribution in [2.24, 2.45) is 11.8 Å². The van der Waals surface area contributed by atoms with Crippen molar-refractivity contribution < 1.29 is 18.8 Å². The Balaban J connectivity index is 1.49. The number of carbonyl (C=O) groups is 2. The maximum Gasteiger partial charge on any atom is 0.337 e. The third kappa shape index (κ3) is 7.38. The molecule has 212 valence electrons. The number of benzene rings is 3. The van der Waals surface area contributed by atoms with Crippen LogP contribution in [0.25, 0.3) is 10.8 Å². The lowest BCUT2D eigenvalue weighted by Gasteiger charge is -2.39. The number of hydrogen-bond acceptors (Lipinski definition) is 4. The molecule has 4 nitrogen and oxygen atoms in total. The number of esters is 1. The number of allylic oxidation sites excluding steroid dienone is 1. The number of Topliss-reactive ketones (excluding diaryl/α,β-unsaturated/α-hetero) is 1. The third-order valence-corrected chi connectivity index (χ3v) is 13.4. The molecule has 1 unspecified atom stereocenters. The Labute approximate surface area is 240 Å². The molecule has 0 saturated heterocycles. The van der Waals surface area contributed by atoms with E-state index in [9.17, 15) is 9.59 Å². The molecule has 3 aromatic carbocycles. The van der Waals surface area contributed by atoms with E-state index in [1.165, 1.54) is 23.4 Å². The van der Waals surface area contributed by atoms with Gasteiger partial charge in [-0.05, 0) is 77.3 Å². The SMILES string of the molecule is COC(=O)c1ccc(CC[C@H]2C(=O)CC[C@@H]2/C=C/C(Cc2ccc3ccccc3c2)O[Si](C)(C)C(C)(C)C)cc1. The first-order chi connectivity index (χ1) is 19.0. The van der Waals surface area contributed by atoms with Crippen LogP contribution in [0.4, 0.5) is 0 Å². The van der Waals surface area contributed by atoms with Crippen LogP contribution in [0.2, 0.25) is 18.1 Å². The normalized spacial score (nSPS) is 18.9. The molecular formula is C35H44O4Si. The lowest BCUT2D eigenvalue weighted by Crippen LogP contribution is -2.44. The number of fused-ring (bicyclic) bond motifs is 1. The first-order valence-corrected chi connectivity index (χ1v) is 17.4. The minimum atomic E-state index is -2.01. The highest BCUT2D eigenvalue weighted by Gasteiger charge is 2.39. The minimum absolute atomic E-state index is 0.0192. The lowest BCUT2D eigenvalue weighted by atomic mass is 9.88. The average molecular weight is 557 g/mol. The highest BCUT2D eigenvalue weighted by Crippen LogP contribution is 2.38. The van der Waals surface area contributed by atoms with E-state index in [4.69, 9.17) is 9.16 Å². The Morgan fingerprint density at radius 1 is 1.00 bits per heavy atom. The standard InChI is InChI=1S/C35H44O4Si/c1-35(2,3)40(5,6)39-31(24-26-13-15-27-9-7-8-10-30(27)23-26)20-18-28-19-22-33(36)32(28)21-14-25-11-16-29(17-12-25)34(37)38-4/h7-13,15-18,20,23,28,31-32H,14,19,21-22,24H2,1-6H3/b20-18+/t28-,31?,32+/m0/s1. The molecule has 0 N–H and O–H groups in total. The molecule has 0 aromatic heterocycles. The van der Waals surface area contributed by atoms with Crippen LogP contribution in [-0.4, -0.2) is 33.3 Å². The van der Waals surface area contributed by atoms with Crippen LogP contribution in [0.3, 0.4) is 0 Å². The average Bonchev–Trinajstić information content (AvgIpc) is 3.28. The number of ether oxygens (including phenoxy) is 1. The van der Waals surface area contributed by atoms with E-state index in [1.54, 1.807) is 12.1 Å². The molecule has 1 aliphatic rings. The molecule has 4 rings (SSSR count). The van der Waals surface area contributed by atoms with Gasteiger partial charge >= 0.3 is 5.97 Å². The van der Waals surface area contributed by atoms with Crippen molar-refractivity contribution in [1.82, 2.24) is 0 Å². The molecule has 0 amide bonds. The van der Waals surface area contributed by atoms with Crippen LogP contribution in [-0.2, 0) is 26.8 Å². The van der Waals surface area contributed by atoms with Crippen molar-refractivity contribution in [1.29, 1.82) is 0 Å². The number of methoxy groups -OCH3 is 1. The molecule has 40 heavy (non-hydrogen) atoms. The van der Waals surface area contributed by atoms with Crippen LogP contribution in [0.1, 0.15) is 61.5 Å². The molecule has 5 heteroatoms. The van der Waals surface area contributed by atoms with Gasteiger partial charge in [-0.1, -0.05) is 87.5 Å². The molecule has 1 saturated carbocycles. The van der Waals surface area contributed by atoms with E-state index >= 15 is 0 Å². The van der Waals surface area contributed by atoms with Gasteiger partial charge in [0.15, 0.2) is 8.32 Å². The topological polar surface area (TPSA) is 52.6 Å². The summed E-state index contributed by atoms with van der Waals surface area (Å²) < 4.78 is 11.7. The van der Waals surface area contributed by atoms with Crippen molar-refractivity contribution in [3.05, 3.63) is 95.6 Å². The summed E-state index contributed by atoms with van der Waals surface area (Å²) in [7, 11) is -0.621. The van der Waals surface area contributed by atoms with Crippen LogP contribution in [0.15, 0.2) is 78.9 Å². The molecule has 0 bridgehead atoms. The van der Waals surface area contributed by atoms with Crippen LogP contribution < -0.4 is 0 Å². The molecule has 3 aromatic rings. The van der Waals surface area contributed by atoms with Gasteiger partial charge in [0.25, 0.3) is 0 Å². The van der Waals surface area contributed by atoms with E-state index in [2.05, 4.69) is 88.5 Å². The Kier molecular flexibility index (Phi) is 9.47. The predicted octanol–water partition coefficient (Wildman–Crippen LogP) is 8.34. The number of carbonyl (C=O) groups excluding carboxylic acids is 2. The highest BCUT2D eigenvalue weighted by molar-refractivity contribution is 6.74. The summed E-state index contributed by atoms with van der Waals surface area (Å²) >= 11 is 0. The summed E-state index contributed by atoms with van der Waals surface area (Å²) in [5.74, 6) is 0.271. The van der Waals surface area contributed by atoms with Gasteiger partial charge < -0.3 is 9.16 Å². The van der Waals surface area contributed by atoms with Gasteiger partial charge in [-0.3, -0.25) is 4.79 Å². The first kappa shape index (κ1) is 29.9. The predicted molar refractivity (Wildman–Crippen MR) is 166 cm³/mol. The van der Waals surface area contributed by atoms with Gasteiger partial charge in [-0.25, -0.2) is 4.79 Å². The summed E-state index contributed by atoms with van der Waals surface area (Å²) in [5.41, 5.74) is 2.94. The first-order valence-electron chi connectivity index (χ1n) is 14.5. The number of rotatable bonds is 10. The molecule has 3 atom stereocenters. The summed E-state index contributed by atoms with van der Waals surface area (Å²) in [6, 6.07) is 22.7. The maximum atomic E-state index is 12.9. The lowest BCUT2D eigenvalue weighted by molar-refractivity contribution is -0.121. The fourth-order valence-electron chi connectivity index (χ4n) is 5.36. The van der Waals surface area contributed by atoms with Crippen LogP contribution >= 0.6 is 0 Å². The number of ketones is 1. The summed E-state index contributed by atoms with van der Waals surface area (Å²) in [6.07, 6.45) is 8.44. The van der Waals surface area contributed by atoms with Crippen LogP contribution in [0, 0.1) is 11.8 Å². The Morgan fingerprint density at radius 2 is 1.68 bits per heavy atom. The van der Waals surface area contributed by atoms with Gasteiger partial charge in [0.1, 0.15) is 5.78 Å². The second-order valence-corrected chi connectivity index (χ2v) is 17.4. The molecule has 0 aliphatic heterocycles. The Morgan fingerprint density at radius 3 is 2.35 bits per heavy atom. The van der Waals surface area contributed by atoms with E-state index < -0.39 is 8.32 Å². The quantitative estimate of drug-likeness (QED) is 0.143. The zero-order valence-corrected chi connectivity index (χ0v) is 25.9. The molecular weight excluding hydrogens is 512 g/mol. The molecule has 1 aliphatic carbocycles. The Hall–Kier alpha value is -3.02. The van der Waals surface area contributed by atoms with Gasteiger partial charge in [0.05, 0.1) is 18.8 Å². The van der Waals surface area contributed by atoms with E-state index in [-0.39, 0.29) is 28.9 Å². The minimum Gasteiger partial charge on any atom is -0.465 e. The van der Waals surface area contributed by atoms with Crippen molar-refractivity contribution in [3.8, 4) is 0 Å². The van der Waals surface area contributed by atoms with Crippen LogP contribution in [0.5, 0.6) is 0 Å². The van der Waals surface area contributed by atoms with Gasteiger partial charge in [-0.15, -0.1) is 0 Å². The van der Waals surface area contributed by atoms with Crippen molar-refractivity contribution in [2.45, 2.75) is 77.1 Å². The smallest absolute Gasteiger partial charge is 0.337 e. The van der Waals surface area contributed by atoms with E-state index in [0.717, 1.165) is 31.2 Å². The maximum absolute atomic E-state index is 12.9. The van der Waals surface area contributed by atoms with Gasteiger partial charge in [0.2, 0.25) is 0 Å². The van der Waals surface area contributed by atoms with E-state index in [1.807, 2.05) is 12.1 Å². The summed E-state index contributed by atoms with van der Waals surface area (Å²) in [4.78, 5) is 24.6. The van der Waals surface area contributed by atoms with Gasteiger partial charge in [-0.2, -0.15) is 0 Å². The van der Waals surface area contributed by atoms with Crippen molar-refractivity contribution in [2.75, 3.05) is 7.11 Å². The molecule has 1 fully saturated rings. The van der Waals surface area contributed by atoms with Crippen molar-refractivity contribution in [3.63, 3.8) is 0 Å². The fraction of sp³-hybridized carbons (Fsp3) is 0.429. The Bertz CT molecular complexity index is 1350. The highest BCUT2D eigenvalue weighted by atomic mass is 28.4. The zero-order chi connectivity index (χ0) is 28.9. The zero-order valence-electron chi connectivity index (χ0n) is 24.9. The number of aryl methyl sites for hydroxylation is 1. The summed E-state index contributed by atoms with van der Waals surface area (Å²) in [6.45, 7) is 11.4. The van der Waals surface area contributed by atoms with Gasteiger partial charge in [0, 0.05) is 18.8 Å². The van der Waals surface area contributed by atoms with E-state index in [0.29, 0.717) is 17.8 Å². The molecule has 0 spiro atoms. The fourth-order valence-corrected chi connectivity index (χ4v) is 6.63. The molecule has 0 radical (unpaired) electrons.